The molecule has 0 aliphatic carbocycles. The van der Waals surface area contributed by atoms with Gasteiger partial charge < -0.3 is 9.72 Å². The Morgan fingerprint density at radius 2 is 1.87 bits per heavy atom. The molecule has 2 N–H and O–H groups in total. The van der Waals surface area contributed by atoms with Gasteiger partial charge in [-0.25, -0.2) is 4.79 Å². The second kappa shape index (κ2) is 7.95. The smallest absolute Gasteiger partial charge is 0.349 e. The van der Waals surface area contributed by atoms with Crippen molar-refractivity contribution in [2.45, 2.75) is 19.8 Å². The van der Waals surface area contributed by atoms with E-state index in [9.17, 15) is 9.59 Å². The maximum atomic E-state index is 12.1. The van der Waals surface area contributed by atoms with Gasteiger partial charge in [0, 0.05) is 17.1 Å². The van der Waals surface area contributed by atoms with E-state index in [1.165, 1.54) is 12.1 Å². The molecule has 2 aromatic heterocycles. The lowest BCUT2D eigenvalue weighted by Crippen LogP contribution is -2.33. The molecule has 0 saturated heterocycles. The number of aromatic amines is 2. The topological polar surface area (TPSA) is 117 Å². The Hall–Kier alpha value is -3.54. The van der Waals surface area contributed by atoms with Crippen molar-refractivity contribution in [3.63, 3.8) is 0 Å². The second-order valence-corrected chi connectivity index (χ2v) is 7.89. The predicted octanol–water partition coefficient (Wildman–Crippen LogP) is 4.50. The Balaban J connectivity index is 1.75. The van der Waals surface area contributed by atoms with Crippen molar-refractivity contribution in [1.29, 1.82) is 5.26 Å². The van der Waals surface area contributed by atoms with Crippen molar-refractivity contribution >= 4 is 34.1 Å². The van der Waals surface area contributed by atoms with Gasteiger partial charge in [0.25, 0.3) is 5.56 Å². The summed E-state index contributed by atoms with van der Waals surface area (Å²) in [6.07, 6.45) is 1.97. The summed E-state index contributed by atoms with van der Waals surface area (Å²) < 4.78 is 6.78. The molecular weight excluding hydrogens is 441 g/mol. The predicted molar refractivity (Wildman–Crippen MR) is 118 cm³/mol. The molecule has 0 amide bonds. The van der Waals surface area contributed by atoms with Crippen molar-refractivity contribution in [2.24, 2.45) is 0 Å². The van der Waals surface area contributed by atoms with Gasteiger partial charge >= 0.3 is 5.69 Å². The van der Waals surface area contributed by atoms with E-state index in [0.717, 1.165) is 21.1 Å². The molecule has 0 aliphatic rings. The number of halogens is 2. The molecular formula is C21H15Cl2N5O3. The van der Waals surface area contributed by atoms with Crippen LogP contribution in [0.5, 0.6) is 11.5 Å². The van der Waals surface area contributed by atoms with Crippen LogP contribution in [-0.4, -0.2) is 19.7 Å². The lowest BCUT2D eigenvalue weighted by molar-refractivity contribution is 0.483. The summed E-state index contributed by atoms with van der Waals surface area (Å²) >= 11 is 12.7. The van der Waals surface area contributed by atoms with Crippen molar-refractivity contribution < 1.29 is 4.74 Å². The average Bonchev–Trinajstić information content (AvgIpc) is 3.14. The molecule has 0 unspecified atom stereocenters. The zero-order valence-corrected chi connectivity index (χ0v) is 17.9. The van der Waals surface area contributed by atoms with Crippen LogP contribution in [0.15, 0.2) is 46.1 Å². The number of benzene rings is 2. The van der Waals surface area contributed by atoms with E-state index in [2.05, 4.69) is 23.9 Å². The van der Waals surface area contributed by atoms with E-state index < -0.39 is 16.9 Å². The highest BCUT2D eigenvalue weighted by molar-refractivity contribution is 6.37. The van der Waals surface area contributed by atoms with Gasteiger partial charge in [0.1, 0.15) is 11.8 Å². The summed E-state index contributed by atoms with van der Waals surface area (Å²) in [5, 5.41) is 14.0. The van der Waals surface area contributed by atoms with Gasteiger partial charge in [-0.1, -0.05) is 37.0 Å². The number of aromatic nitrogens is 4. The third kappa shape index (κ3) is 3.81. The number of fused-ring (bicyclic) bond motifs is 1. The summed E-state index contributed by atoms with van der Waals surface area (Å²) in [4.78, 5) is 28.9. The molecule has 0 atom stereocenters. The van der Waals surface area contributed by atoms with Crippen LogP contribution >= 0.6 is 23.2 Å². The lowest BCUT2D eigenvalue weighted by Gasteiger charge is -2.12. The number of ether oxygens (including phenoxy) is 1. The van der Waals surface area contributed by atoms with Gasteiger partial charge in [-0.3, -0.25) is 9.78 Å². The molecule has 2 heterocycles. The van der Waals surface area contributed by atoms with Crippen molar-refractivity contribution in [2.75, 3.05) is 0 Å². The van der Waals surface area contributed by atoms with Crippen LogP contribution in [0.1, 0.15) is 31.0 Å². The minimum absolute atomic E-state index is 0.124. The van der Waals surface area contributed by atoms with Crippen LogP contribution in [-0.2, 0) is 0 Å². The fourth-order valence-corrected chi connectivity index (χ4v) is 3.75. The highest BCUT2D eigenvalue weighted by atomic mass is 35.5. The van der Waals surface area contributed by atoms with Crippen LogP contribution < -0.4 is 16.0 Å². The molecule has 4 aromatic rings. The molecule has 0 aliphatic heterocycles. The Labute approximate surface area is 185 Å². The van der Waals surface area contributed by atoms with Crippen LogP contribution in [0.3, 0.4) is 0 Å². The number of rotatable bonds is 4. The van der Waals surface area contributed by atoms with Crippen molar-refractivity contribution in [3.05, 3.63) is 78.7 Å². The zero-order chi connectivity index (χ0) is 22.3. The Bertz CT molecular complexity index is 1450. The molecule has 0 spiro atoms. The summed E-state index contributed by atoms with van der Waals surface area (Å²) in [6, 6.07) is 10.0. The monoisotopic (exact) mass is 455 g/mol. The van der Waals surface area contributed by atoms with E-state index in [1.54, 1.807) is 12.1 Å². The van der Waals surface area contributed by atoms with Crippen LogP contribution in [0.4, 0.5) is 0 Å². The first-order valence-electron chi connectivity index (χ1n) is 9.20. The number of nitrogens with zero attached hydrogens (tertiary/aromatic N) is 3. The summed E-state index contributed by atoms with van der Waals surface area (Å²) in [5.41, 5.74) is 0.146. The van der Waals surface area contributed by atoms with Crippen LogP contribution in [0.2, 0.25) is 10.0 Å². The first kappa shape index (κ1) is 20.7. The van der Waals surface area contributed by atoms with Crippen LogP contribution in [0, 0.1) is 11.3 Å². The number of H-pyrrole nitrogens is 2. The van der Waals surface area contributed by atoms with Gasteiger partial charge in [-0.15, -0.1) is 5.10 Å². The van der Waals surface area contributed by atoms with Gasteiger partial charge in [0.15, 0.2) is 5.75 Å². The maximum Gasteiger partial charge on any atom is 0.349 e. The minimum Gasteiger partial charge on any atom is -0.454 e. The summed E-state index contributed by atoms with van der Waals surface area (Å²) in [7, 11) is 0. The van der Waals surface area contributed by atoms with E-state index in [0.29, 0.717) is 11.7 Å². The Morgan fingerprint density at radius 3 is 2.52 bits per heavy atom. The fourth-order valence-electron chi connectivity index (χ4n) is 3.19. The number of hydrogen-bond acceptors (Lipinski definition) is 5. The third-order valence-corrected chi connectivity index (χ3v) is 5.25. The van der Waals surface area contributed by atoms with E-state index in [4.69, 9.17) is 33.2 Å². The molecule has 10 heteroatoms. The lowest BCUT2D eigenvalue weighted by atomic mass is 10.0. The van der Waals surface area contributed by atoms with Crippen molar-refractivity contribution in [3.8, 4) is 23.3 Å². The molecule has 8 nitrogen and oxygen atoms in total. The molecule has 0 saturated carbocycles. The fraction of sp³-hybridized carbons (Fsp3) is 0.143. The Morgan fingerprint density at radius 1 is 1.16 bits per heavy atom. The molecule has 0 radical (unpaired) electrons. The molecule has 4 rings (SSSR count). The average molecular weight is 456 g/mol. The number of nitriles is 1. The second-order valence-electron chi connectivity index (χ2n) is 7.08. The normalized spacial score (nSPS) is 11.1. The van der Waals surface area contributed by atoms with Crippen molar-refractivity contribution in [1.82, 2.24) is 19.7 Å². The minimum atomic E-state index is -0.873. The first-order chi connectivity index (χ1) is 14.8. The summed E-state index contributed by atoms with van der Waals surface area (Å²) in [6.45, 7) is 4.21. The van der Waals surface area contributed by atoms with Crippen LogP contribution in [0.25, 0.3) is 16.6 Å². The van der Waals surface area contributed by atoms with E-state index >= 15 is 0 Å². The molecule has 2 aromatic carbocycles. The largest absolute Gasteiger partial charge is 0.454 e. The molecule has 0 bridgehead atoms. The Kier molecular flexibility index (Phi) is 5.31. The van der Waals surface area contributed by atoms with E-state index in [1.807, 2.05) is 23.3 Å². The zero-order valence-electron chi connectivity index (χ0n) is 16.4. The highest BCUT2D eigenvalue weighted by Crippen LogP contribution is 2.39. The van der Waals surface area contributed by atoms with Gasteiger partial charge in [-0.05, 0) is 41.8 Å². The molecule has 0 fully saturated rings. The SMILES string of the molecule is CC(C)c1c[nH]c2ccc(Oc3c(Cl)cc(-n4nc(C#N)c(=O)[nH]c4=O)cc3Cl)cc12. The third-order valence-electron chi connectivity index (χ3n) is 4.69. The number of nitrogens with one attached hydrogen (secondary N) is 2. The first-order valence-corrected chi connectivity index (χ1v) is 9.96. The quantitative estimate of drug-likeness (QED) is 0.469. The molecule has 31 heavy (non-hydrogen) atoms. The van der Waals surface area contributed by atoms with Gasteiger partial charge in [0.2, 0.25) is 5.69 Å². The van der Waals surface area contributed by atoms with Gasteiger partial charge in [-0.2, -0.15) is 9.94 Å². The maximum absolute atomic E-state index is 12.1. The highest BCUT2D eigenvalue weighted by Gasteiger charge is 2.16. The standard InChI is InChI=1S/C21H15Cl2N5O3/c1-10(2)14-9-25-17-4-3-12(7-13(14)17)31-19-15(22)5-11(6-16(19)23)28-21(30)26-20(29)18(8-24)27-28/h3-7,9-10,25H,1-2H3,(H,26,29,30). The van der Waals surface area contributed by atoms with Gasteiger partial charge in [0.05, 0.1) is 15.7 Å². The number of hydrogen-bond donors (Lipinski definition) is 2. The molecule has 156 valence electrons. The summed E-state index contributed by atoms with van der Waals surface area (Å²) in [5.74, 6) is 1.07. The van der Waals surface area contributed by atoms with E-state index in [-0.39, 0.29) is 21.5 Å².